The van der Waals surface area contributed by atoms with Crippen molar-refractivity contribution in [2.45, 2.75) is 12.5 Å². The van der Waals surface area contributed by atoms with Crippen molar-refractivity contribution in [1.29, 1.82) is 0 Å². The van der Waals surface area contributed by atoms with Gasteiger partial charge in [0.2, 0.25) is 0 Å². The SMILES string of the molecule is CCOc1ccc2c(c1)c(-c1ccnc(Cl)c1)nn2C(c1ccccc1)(c1ccccc1)c1ccccc1. The molecule has 0 saturated carbocycles. The van der Waals surface area contributed by atoms with Crippen LogP contribution in [0.5, 0.6) is 5.75 Å². The molecular weight excluding hydrogens is 490 g/mol. The Morgan fingerprint density at radius 3 is 1.84 bits per heavy atom. The maximum atomic E-state index is 6.34. The molecule has 2 heterocycles. The van der Waals surface area contributed by atoms with Gasteiger partial charge in [0.1, 0.15) is 22.1 Å². The van der Waals surface area contributed by atoms with Crippen molar-refractivity contribution >= 4 is 22.5 Å². The van der Waals surface area contributed by atoms with Gasteiger partial charge in [0.05, 0.1) is 12.1 Å². The molecule has 0 aliphatic carbocycles. The predicted octanol–water partition coefficient (Wildman–Crippen LogP) is 7.99. The fourth-order valence-corrected chi connectivity index (χ4v) is 5.45. The molecule has 0 amide bonds. The van der Waals surface area contributed by atoms with Crippen molar-refractivity contribution in [2.75, 3.05) is 6.61 Å². The fourth-order valence-electron chi connectivity index (χ4n) is 5.28. The first-order valence-electron chi connectivity index (χ1n) is 12.7. The lowest BCUT2D eigenvalue weighted by Gasteiger charge is -2.37. The van der Waals surface area contributed by atoms with E-state index in [4.69, 9.17) is 21.4 Å². The van der Waals surface area contributed by atoms with Gasteiger partial charge in [-0.3, -0.25) is 0 Å². The van der Waals surface area contributed by atoms with E-state index in [1.165, 1.54) is 0 Å². The summed E-state index contributed by atoms with van der Waals surface area (Å²) < 4.78 is 8.06. The van der Waals surface area contributed by atoms with E-state index in [-0.39, 0.29) is 0 Å². The van der Waals surface area contributed by atoms with Gasteiger partial charge < -0.3 is 4.74 Å². The maximum absolute atomic E-state index is 6.34. The normalized spacial score (nSPS) is 11.5. The highest BCUT2D eigenvalue weighted by atomic mass is 35.5. The number of hydrogen-bond donors (Lipinski definition) is 0. The molecule has 6 aromatic rings. The molecule has 2 aromatic heterocycles. The monoisotopic (exact) mass is 515 g/mol. The van der Waals surface area contributed by atoms with Gasteiger partial charge >= 0.3 is 0 Å². The molecule has 5 heteroatoms. The van der Waals surface area contributed by atoms with E-state index in [1.807, 2.05) is 43.3 Å². The molecule has 0 atom stereocenters. The minimum absolute atomic E-state index is 0.423. The van der Waals surface area contributed by atoms with Crippen LogP contribution in [0.25, 0.3) is 22.2 Å². The molecule has 6 rings (SSSR count). The number of ether oxygens (including phenoxy) is 1. The molecule has 186 valence electrons. The summed E-state index contributed by atoms with van der Waals surface area (Å²) in [5.74, 6) is 0.797. The smallest absolute Gasteiger partial charge is 0.138 e. The first-order chi connectivity index (χ1) is 18.7. The highest BCUT2D eigenvalue weighted by Crippen LogP contribution is 2.44. The van der Waals surface area contributed by atoms with Crippen LogP contribution in [0.2, 0.25) is 5.15 Å². The van der Waals surface area contributed by atoms with Crippen LogP contribution in [0.3, 0.4) is 0 Å². The zero-order chi connectivity index (χ0) is 26.0. The molecule has 4 aromatic carbocycles. The summed E-state index contributed by atoms with van der Waals surface area (Å²) in [7, 11) is 0. The minimum atomic E-state index is -0.746. The van der Waals surface area contributed by atoms with E-state index in [1.54, 1.807) is 6.20 Å². The van der Waals surface area contributed by atoms with E-state index in [2.05, 4.69) is 94.6 Å². The van der Waals surface area contributed by atoms with Crippen molar-refractivity contribution < 1.29 is 4.74 Å². The van der Waals surface area contributed by atoms with E-state index in [0.717, 1.165) is 44.6 Å². The molecule has 0 unspecified atom stereocenters. The molecule has 0 N–H and O–H groups in total. The van der Waals surface area contributed by atoms with Gasteiger partial charge in [-0.05, 0) is 53.9 Å². The second kappa shape index (κ2) is 10.2. The number of aromatic nitrogens is 3. The fraction of sp³-hybridized carbons (Fsp3) is 0.0909. The summed E-state index contributed by atoms with van der Waals surface area (Å²) in [4.78, 5) is 4.20. The van der Waals surface area contributed by atoms with Crippen LogP contribution in [0.4, 0.5) is 0 Å². The summed E-state index contributed by atoms with van der Waals surface area (Å²) in [5.41, 5.74) is 5.26. The van der Waals surface area contributed by atoms with Gasteiger partial charge in [-0.2, -0.15) is 5.10 Å². The lowest BCUT2D eigenvalue weighted by atomic mass is 9.77. The Balaban J connectivity index is 1.78. The van der Waals surface area contributed by atoms with E-state index < -0.39 is 5.54 Å². The molecule has 0 aliphatic rings. The zero-order valence-electron chi connectivity index (χ0n) is 21.0. The number of fused-ring (bicyclic) bond motifs is 1. The van der Waals surface area contributed by atoms with Crippen LogP contribution in [-0.2, 0) is 5.54 Å². The molecule has 0 fully saturated rings. The van der Waals surface area contributed by atoms with Gasteiger partial charge in [-0.15, -0.1) is 0 Å². The highest BCUT2D eigenvalue weighted by molar-refractivity contribution is 6.29. The number of benzene rings is 4. The molecular formula is C33H26ClN3O. The van der Waals surface area contributed by atoms with Gasteiger partial charge in [-0.1, -0.05) is 103 Å². The largest absolute Gasteiger partial charge is 0.494 e. The summed E-state index contributed by atoms with van der Waals surface area (Å²) >= 11 is 6.34. The van der Waals surface area contributed by atoms with Crippen LogP contribution in [-0.4, -0.2) is 21.4 Å². The molecule has 0 aliphatic heterocycles. The number of rotatable bonds is 7. The van der Waals surface area contributed by atoms with Crippen LogP contribution >= 0.6 is 11.6 Å². The summed E-state index contributed by atoms with van der Waals surface area (Å²) in [6.45, 7) is 2.57. The molecule has 0 radical (unpaired) electrons. The Kier molecular flexibility index (Phi) is 6.40. The molecule has 0 spiro atoms. The van der Waals surface area contributed by atoms with Gasteiger partial charge in [0, 0.05) is 17.1 Å². The summed E-state index contributed by atoms with van der Waals surface area (Å²) in [6.07, 6.45) is 1.72. The first kappa shape index (κ1) is 24.0. The minimum Gasteiger partial charge on any atom is -0.494 e. The van der Waals surface area contributed by atoms with Crippen molar-refractivity contribution in [3.63, 3.8) is 0 Å². The predicted molar refractivity (Wildman–Crippen MR) is 154 cm³/mol. The Morgan fingerprint density at radius 2 is 1.32 bits per heavy atom. The lowest BCUT2D eigenvalue weighted by molar-refractivity contribution is 0.340. The van der Waals surface area contributed by atoms with Crippen LogP contribution in [0.1, 0.15) is 23.6 Å². The van der Waals surface area contributed by atoms with Gasteiger partial charge in [0.25, 0.3) is 0 Å². The van der Waals surface area contributed by atoms with E-state index >= 15 is 0 Å². The number of nitrogens with zero attached hydrogens (tertiary/aromatic N) is 3. The van der Waals surface area contributed by atoms with Crippen molar-refractivity contribution in [3.8, 4) is 17.0 Å². The summed E-state index contributed by atoms with van der Waals surface area (Å²) in [5, 5.41) is 6.78. The Bertz CT molecular complexity index is 1590. The molecule has 0 saturated heterocycles. The molecule has 38 heavy (non-hydrogen) atoms. The third-order valence-electron chi connectivity index (χ3n) is 6.85. The summed E-state index contributed by atoms with van der Waals surface area (Å²) in [6, 6.07) is 41.6. The highest BCUT2D eigenvalue weighted by Gasteiger charge is 2.41. The van der Waals surface area contributed by atoms with Crippen molar-refractivity contribution in [1.82, 2.24) is 14.8 Å². The lowest BCUT2D eigenvalue weighted by Crippen LogP contribution is -2.38. The third-order valence-corrected chi connectivity index (χ3v) is 7.06. The third kappa shape index (κ3) is 4.04. The van der Waals surface area contributed by atoms with E-state index in [0.29, 0.717) is 11.8 Å². The van der Waals surface area contributed by atoms with Crippen LogP contribution < -0.4 is 4.74 Å². The average molecular weight is 516 g/mol. The van der Waals surface area contributed by atoms with E-state index in [9.17, 15) is 0 Å². The van der Waals surface area contributed by atoms with Gasteiger partial charge in [-0.25, -0.2) is 9.67 Å². The molecule has 0 bridgehead atoms. The Labute approximate surface area is 227 Å². The standard InChI is InChI=1S/C33H26ClN3O/c1-2-38-28-18-19-30-29(23-28)32(24-20-21-35-31(34)22-24)36-37(30)33(25-12-6-3-7-13-25,26-14-8-4-9-15-26)27-16-10-5-11-17-27/h3-23H,2H2,1H3. The Morgan fingerprint density at radius 1 is 0.737 bits per heavy atom. The molecule has 4 nitrogen and oxygen atoms in total. The number of pyridine rings is 1. The Hall–Kier alpha value is -4.41. The second-order valence-corrected chi connectivity index (χ2v) is 9.44. The average Bonchev–Trinajstić information content (AvgIpc) is 3.35. The maximum Gasteiger partial charge on any atom is 0.138 e. The van der Waals surface area contributed by atoms with Crippen LogP contribution in [0, 0.1) is 0 Å². The number of hydrogen-bond acceptors (Lipinski definition) is 3. The van der Waals surface area contributed by atoms with Crippen molar-refractivity contribution in [3.05, 3.63) is 149 Å². The zero-order valence-corrected chi connectivity index (χ0v) is 21.7. The van der Waals surface area contributed by atoms with Crippen molar-refractivity contribution in [2.24, 2.45) is 0 Å². The number of halogens is 1. The topological polar surface area (TPSA) is 39.9 Å². The van der Waals surface area contributed by atoms with Crippen LogP contribution in [0.15, 0.2) is 128 Å². The second-order valence-electron chi connectivity index (χ2n) is 9.05. The first-order valence-corrected chi connectivity index (χ1v) is 13.0. The van der Waals surface area contributed by atoms with Gasteiger partial charge in [0.15, 0.2) is 0 Å². The quantitative estimate of drug-likeness (QED) is 0.160.